The number of nitrogens with zero attached hydrogens (tertiary/aromatic N) is 1. The van der Waals surface area contributed by atoms with Crippen molar-refractivity contribution in [3.8, 4) is 0 Å². The van der Waals surface area contributed by atoms with Crippen molar-refractivity contribution in [1.82, 2.24) is 4.90 Å². The maximum absolute atomic E-state index is 3.63. The van der Waals surface area contributed by atoms with Crippen LogP contribution < -0.4 is 0 Å². The molecule has 0 spiro atoms. The standard InChI is InChI=1S/C14H22BrN/c1-4-12(2)16(3)11-14(10-15)13-8-6-5-7-9-13/h5-9,12,14H,4,10-11H2,1-3H3. The molecule has 0 amide bonds. The Morgan fingerprint density at radius 1 is 1.25 bits per heavy atom. The molecule has 0 saturated carbocycles. The Bertz CT molecular complexity index is 286. The van der Waals surface area contributed by atoms with Crippen LogP contribution in [0.15, 0.2) is 30.3 Å². The highest BCUT2D eigenvalue weighted by atomic mass is 79.9. The number of hydrogen-bond acceptors (Lipinski definition) is 1. The Morgan fingerprint density at radius 3 is 2.38 bits per heavy atom. The van der Waals surface area contributed by atoms with E-state index in [2.05, 4.69) is 72.1 Å². The summed E-state index contributed by atoms with van der Waals surface area (Å²) in [4.78, 5) is 2.44. The first-order chi connectivity index (χ1) is 7.69. The van der Waals surface area contributed by atoms with E-state index in [1.807, 2.05) is 0 Å². The van der Waals surface area contributed by atoms with Crippen LogP contribution in [0.5, 0.6) is 0 Å². The minimum atomic E-state index is 0.584. The van der Waals surface area contributed by atoms with Crippen molar-refractivity contribution in [2.45, 2.75) is 32.2 Å². The van der Waals surface area contributed by atoms with Gasteiger partial charge in [-0.25, -0.2) is 0 Å². The molecule has 0 aliphatic rings. The van der Waals surface area contributed by atoms with Gasteiger partial charge in [-0.3, -0.25) is 0 Å². The lowest BCUT2D eigenvalue weighted by atomic mass is 10.00. The van der Waals surface area contributed by atoms with E-state index in [-0.39, 0.29) is 0 Å². The van der Waals surface area contributed by atoms with Crippen LogP contribution in [-0.2, 0) is 0 Å². The molecular weight excluding hydrogens is 262 g/mol. The first-order valence-corrected chi connectivity index (χ1v) is 7.12. The van der Waals surface area contributed by atoms with Crippen molar-refractivity contribution in [2.24, 2.45) is 0 Å². The molecule has 90 valence electrons. The van der Waals surface area contributed by atoms with E-state index in [9.17, 15) is 0 Å². The van der Waals surface area contributed by atoms with Crippen LogP contribution in [0, 0.1) is 0 Å². The molecule has 1 aromatic carbocycles. The second-order valence-electron chi connectivity index (χ2n) is 4.46. The molecule has 0 fully saturated rings. The van der Waals surface area contributed by atoms with Crippen molar-refractivity contribution >= 4 is 15.9 Å². The van der Waals surface area contributed by atoms with E-state index in [1.54, 1.807) is 0 Å². The molecule has 0 N–H and O–H groups in total. The van der Waals surface area contributed by atoms with Gasteiger partial charge in [0.15, 0.2) is 0 Å². The Kier molecular flexibility index (Phi) is 6.07. The van der Waals surface area contributed by atoms with Gasteiger partial charge in [-0.15, -0.1) is 0 Å². The average Bonchev–Trinajstić information content (AvgIpc) is 2.35. The molecule has 0 aliphatic heterocycles. The molecule has 2 unspecified atom stereocenters. The average molecular weight is 284 g/mol. The van der Waals surface area contributed by atoms with Crippen molar-refractivity contribution in [2.75, 3.05) is 18.9 Å². The topological polar surface area (TPSA) is 3.24 Å². The van der Waals surface area contributed by atoms with Gasteiger partial charge in [-0.1, -0.05) is 53.2 Å². The summed E-state index contributed by atoms with van der Waals surface area (Å²) in [5.41, 5.74) is 1.43. The third-order valence-corrected chi connectivity index (χ3v) is 4.09. The molecule has 2 heteroatoms. The fourth-order valence-electron chi connectivity index (χ4n) is 1.81. The zero-order valence-electron chi connectivity index (χ0n) is 10.5. The summed E-state index contributed by atoms with van der Waals surface area (Å²) in [5.74, 6) is 0.584. The first-order valence-electron chi connectivity index (χ1n) is 6.00. The molecule has 1 nitrogen and oxygen atoms in total. The molecule has 0 bridgehead atoms. The third-order valence-electron chi connectivity index (χ3n) is 3.31. The van der Waals surface area contributed by atoms with Crippen LogP contribution in [0.2, 0.25) is 0 Å². The molecule has 16 heavy (non-hydrogen) atoms. The quantitative estimate of drug-likeness (QED) is 0.716. The van der Waals surface area contributed by atoms with Crippen molar-refractivity contribution in [3.63, 3.8) is 0 Å². The number of rotatable bonds is 6. The minimum Gasteiger partial charge on any atom is -0.303 e. The lowest BCUT2D eigenvalue weighted by molar-refractivity contribution is 0.242. The van der Waals surface area contributed by atoms with E-state index in [4.69, 9.17) is 0 Å². The number of hydrogen-bond donors (Lipinski definition) is 0. The number of alkyl halides is 1. The van der Waals surface area contributed by atoms with E-state index < -0.39 is 0 Å². The highest BCUT2D eigenvalue weighted by Crippen LogP contribution is 2.20. The van der Waals surface area contributed by atoms with Gasteiger partial charge in [-0.05, 0) is 26.0 Å². The van der Waals surface area contributed by atoms with E-state index >= 15 is 0 Å². The van der Waals surface area contributed by atoms with Gasteiger partial charge in [0.25, 0.3) is 0 Å². The zero-order chi connectivity index (χ0) is 12.0. The van der Waals surface area contributed by atoms with Gasteiger partial charge in [0.05, 0.1) is 0 Å². The fraction of sp³-hybridized carbons (Fsp3) is 0.571. The molecule has 0 aliphatic carbocycles. The van der Waals surface area contributed by atoms with Gasteiger partial charge in [0.1, 0.15) is 0 Å². The molecule has 2 atom stereocenters. The SMILES string of the molecule is CCC(C)N(C)CC(CBr)c1ccccc1. The summed E-state index contributed by atoms with van der Waals surface area (Å²) in [7, 11) is 2.22. The molecule has 0 radical (unpaired) electrons. The summed E-state index contributed by atoms with van der Waals surface area (Å²) in [5, 5.41) is 1.03. The summed E-state index contributed by atoms with van der Waals surface area (Å²) in [6.07, 6.45) is 1.21. The maximum Gasteiger partial charge on any atom is 0.0112 e. The molecule has 0 saturated heterocycles. The zero-order valence-corrected chi connectivity index (χ0v) is 12.1. The van der Waals surface area contributed by atoms with Gasteiger partial charge in [0.2, 0.25) is 0 Å². The Labute approximate surface area is 108 Å². The second kappa shape index (κ2) is 7.08. The summed E-state index contributed by atoms with van der Waals surface area (Å²) in [6.45, 7) is 5.65. The third kappa shape index (κ3) is 3.91. The van der Waals surface area contributed by atoms with Crippen LogP contribution in [0.4, 0.5) is 0 Å². The predicted molar refractivity (Wildman–Crippen MR) is 75.4 cm³/mol. The second-order valence-corrected chi connectivity index (χ2v) is 5.11. The van der Waals surface area contributed by atoms with Crippen LogP contribution in [0.3, 0.4) is 0 Å². The summed E-state index contributed by atoms with van der Waals surface area (Å²) >= 11 is 3.63. The Hall–Kier alpha value is -0.340. The van der Waals surface area contributed by atoms with Gasteiger partial charge in [-0.2, -0.15) is 0 Å². The van der Waals surface area contributed by atoms with Crippen molar-refractivity contribution < 1.29 is 0 Å². The minimum absolute atomic E-state index is 0.584. The van der Waals surface area contributed by atoms with Gasteiger partial charge in [0, 0.05) is 23.8 Å². The fourth-order valence-corrected chi connectivity index (χ4v) is 2.39. The molecular formula is C14H22BrN. The van der Waals surface area contributed by atoms with Crippen LogP contribution >= 0.6 is 15.9 Å². The Morgan fingerprint density at radius 2 is 1.88 bits per heavy atom. The number of benzene rings is 1. The van der Waals surface area contributed by atoms with Gasteiger partial charge < -0.3 is 4.90 Å². The molecule has 0 heterocycles. The van der Waals surface area contributed by atoms with E-state index in [0.717, 1.165) is 11.9 Å². The first kappa shape index (κ1) is 13.7. The number of likely N-dealkylation sites (N-methyl/N-ethyl adjacent to an activating group) is 1. The van der Waals surface area contributed by atoms with Gasteiger partial charge >= 0.3 is 0 Å². The van der Waals surface area contributed by atoms with Crippen molar-refractivity contribution in [3.05, 3.63) is 35.9 Å². The van der Waals surface area contributed by atoms with Crippen molar-refractivity contribution in [1.29, 1.82) is 0 Å². The molecule has 1 rings (SSSR count). The monoisotopic (exact) mass is 283 g/mol. The highest BCUT2D eigenvalue weighted by Gasteiger charge is 2.15. The highest BCUT2D eigenvalue weighted by molar-refractivity contribution is 9.09. The lowest BCUT2D eigenvalue weighted by Gasteiger charge is -2.27. The largest absolute Gasteiger partial charge is 0.303 e. The van der Waals surface area contributed by atoms with E-state index in [1.165, 1.54) is 12.0 Å². The predicted octanol–water partition coefficient (Wildman–Crippen LogP) is 3.90. The molecule has 1 aromatic rings. The maximum atomic E-state index is 3.63. The molecule has 0 aromatic heterocycles. The summed E-state index contributed by atoms with van der Waals surface area (Å²) < 4.78 is 0. The van der Waals surface area contributed by atoms with E-state index in [0.29, 0.717) is 12.0 Å². The normalized spacial score (nSPS) is 15.1. The smallest absolute Gasteiger partial charge is 0.0112 e. The lowest BCUT2D eigenvalue weighted by Crippen LogP contribution is -2.32. The summed E-state index contributed by atoms with van der Waals surface area (Å²) in [6, 6.07) is 11.4. The number of halogens is 1. The van der Waals surface area contributed by atoms with Crippen LogP contribution in [0.1, 0.15) is 31.7 Å². The Balaban J connectivity index is 2.62. The van der Waals surface area contributed by atoms with Crippen LogP contribution in [0.25, 0.3) is 0 Å². The van der Waals surface area contributed by atoms with Crippen LogP contribution in [-0.4, -0.2) is 29.9 Å².